The molecule has 0 radical (unpaired) electrons. The molecule has 21 heavy (non-hydrogen) atoms. The van der Waals surface area contributed by atoms with Gasteiger partial charge in [-0.05, 0) is 24.3 Å². The first kappa shape index (κ1) is 14.2. The smallest absolute Gasteiger partial charge is 0.222 e. The second-order valence-electron chi connectivity index (χ2n) is 5.38. The molecule has 1 N–H and O–H groups in total. The molecule has 2 aromatic heterocycles. The average molecular weight is 301 g/mol. The Morgan fingerprint density at radius 3 is 3.10 bits per heavy atom. The zero-order valence-electron chi connectivity index (χ0n) is 12.1. The summed E-state index contributed by atoms with van der Waals surface area (Å²) in [5.41, 5.74) is 1.59. The first-order valence-corrected chi connectivity index (χ1v) is 8.32. The van der Waals surface area contributed by atoms with Crippen LogP contribution in [0, 0.1) is 0 Å². The van der Waals surface area contributed by atoms with Crippen LogP contribution < -0.4 is 5.32 Å². The van der Waals surface area contributed by atoms with E-state index in [-0.39, 0.29) is 11.7 Å². The number of Topliss-reactive ketones (excluding diaryl/α,β-unsaturated/α-hetero) is 1. The molecule has 1 atom stereocenters. The Hall–Kier alpha value is -1.75. The minimum absolute atomic E-state index is 0.162. The summed E-state index contributed by atoms with van der Waals surface area (Å²) in [5, 5.41) is 5.29. The van der Waals surface area contributed by atoms with Crippen LogP contribution in [0.2, 0.25) is 0 Å². The summed E-state index contributed by atoms with van der Waals surface area (Å²) in [4.78, 5) is 22.4. The van der Waals surface area contributed by atoms with Gasteiger partial charge in [-0.2, -0.15) is 0 Å². The maximum absolute atomic E-state index is 12.3. The zero-order valence-corrected chi connectivity index (χ0v) is 12.9. The number of unbranched alkanes of at least 4 members (excludes halogenated alkanes) is 1. The predicted molar refractivity (Wildman–Crippen MR) is 85.1 cm³/mol. The fraction of sp³-hybridized carbons (Fsp3) is 0.438. The molecule has 1 aliphatic carbocycles. The molecule has 1 aliphatic rings. The number of aromatic nitrogens is 2. The summed E-state index contributed by atoms with van der Waals surface area (Å²) < 4.78 is 0. The summed E-state index contributed by atoms with van der Waals surface area (Å²) in [6.45, 7) is 3.03. The van der Waals surface area contributed by atoms with Crippen LogP contribution >= 0.6 is 11.3 Å². The minimum Gasteiger partial charge on any atom is -0.354 e. The summed E-state index contributed by atoms with van der Waals surface area (Å²) in [6.07, 6.45) is 5.31. The Bertz CT molecular complexity index is 624. The summed E-state index contributed by atoms with van der Waals surface area (Å²) in [7, 11) is 0. The molecule has 110 valence electrons. The van der Waals surface area contributed by atoms with Crippen molar-refractivity contribution < 1.29 is 4.79 Å². The van der Waals surface area contributed by atoms with Crippen molar-refractivity contribution in [2.75, 3.05) is 11.9 Å². The Morgan fingerprint density at radius 2 is 2.33 bits per heavy atom. The summed E-state index contributed by atoms with van der Waals surface area (Å²) in [6, 6.07) is 4.15. The normalized spacial score (nSPS) is 17.6. The number of carbonyl (C=O) groups is 1. The highest BCUT2D eigenvalue weighted by molar-refractivity contribution is 7.10. The number of carbonyl (C=O) groups excluding carboxylic acids is 1. The quantitative estimate of drug-likeness (QED) is 0.856. The van der Waals surface area contributed by atoms with Gasteiger partial charge in [0.25, 0.3) is 0 Å². The molecule has 2 heterocycles. The van der Waals surface area contributed by atoms with Gasteiger partial charge in [-0.1, -0.05) is 19.4 Å². The molecule has 0 saturated heterocycles. The number of hydrogen-bond donors (Lipinski definition) is 1. The molecule has 0 spiro atoms. The molecule has 0 unspecified atom stereocenters. The van der Waals surface area contributed by atoms with Crippen LogP contribution in [-0.2, 0) is 6.42 Å². The fourth-order valence-electron chi connectivity index (χ4n) is 2.63. The lowest BCUT2D eigenvalue weighted by molar-refractivity contribution is 0.0963. The summed E-state index contributed by atoms with van der Waals surface area (Å²) >= 11 is 1.72. The van der Waals surface area contributed by atoms with E-state index in [4.69, 9.17) is 0 Å². The van der Waals surface area contributed by atoms with Crippen LogP contribution in [0.3, 0.4) is 0 Å². The Kier molecular flexibility index (Phi) is 4.29. The molecule has 0 bridgehead atoms. The third-order valence-corrected chi connectivity index (χ3v) is 4.83. The van der Waals surface area contributed by atoms with Gasteiger partial charge in [-0.15, -0.1) is 11.3 Å². The molecule has 0 saturated carbocycles. The number of nitrogens with zero attached hydrogens (tertiary/aromatic N) is 2. The number of fused-ring (bicyclic) bond motifs is 1. The van der Waals surface area contributed by atoms with Crippen molar-refractivity contribution in [2.24, 2.45) is 0 Å². The van der Waals surface area contributed by atoms with Crippen molar-refractivity contribution in [3.8, 4) is 0 Å². The van der Waals surface area contributed by atoms with Crippen LogP contribution in [0.15, 0.2) is 23.7 Å². The highest BCUT2D eigenvalue weighted by Crippen LogP contribution is 2.34. The number of rotatable bonds is 5. The molecular weight excluding hydrogens is 282 g/mol. The van der Waals surface area contributed by atoms with Gasteiger partial charge in [0.1, 0.15) is 0 Å². The molecule has 0 amide bonds. The van der Waals surface area contributed by atoms with Gasteiger partial charge in [0.2, 0.25) is 5.95 Å². The van der Waals surface area contributed by atoms with Gasteiger partial charge in [-0.25, -0.2) is 9.97 Å². The van der Waals surface area contributed by atoms with Crippen LogP contribution in [0.1, 0.15) is 53.0 Å². The van der Waals surface area contributed by atoms with E-state index in [1.54, 1.807) is 17.5 Å². The van der Waals surface area contributed by atoms with Gasteiger partial charge < -0.3 is 5.32 Å². The standard InChI is InChI=1S/C16H19N3OS/c1-2-3-6-17-16-18-10-12-13(19-16)8-11(9-14(12)20)15-5-4-7-21-15/h4-5,7,10-11H,2-3,6,8-9H2,1H3,(H,17,18,19)/t11-/m0/s1. The van der Waals surface area contributed by atoms with Gasteiger partial charge >= 0.3 is 0 Å². The van der Waals surface area contributed by atoms with E-state index in [0.29, 0.717) is 17.9 Å². The van der Waals surface area contributed by atoms with E-state index < -0.39 is 0 Å². The van der Waals surface area contributed by atoms with Crippen molar-refractivity contribution >= 4 is 23.1 Å². The lowest BCUT2D eigenvalue weighted by Crippen LogP contribution is -2.21. The molecular formula is C16H19N3OS. The van der Waals surface area contributed by atoms with E-state index >= 15 is 0 Å². The van der Waals surface area contributed by atoms with Crippen molar-refractivity contribution in [2.45, 2.75) is 38.5 Å². The lowest BCUT2D eigenvalue weighted by Gasteiger charge is -2.22. The number of nitrogens with one attached hydrogen (secondary N) is 1. The molecule has 4 nitrogen and oxygen atoms in total. The highest BCUT2D eigenvalue weighted by Gasteiger charge is 2.28. The minimum atomic E-state index is 0.162. The van der Waals surface area contributed by atoms with E-state index in [2.05, 4.69) is 33.7 Å². The fourth-order valence-corrected chi connectivity index (χ4v) is 3.46. The number of thiophene rings is 1. The topological polar surface area (TPSA) is 54.9 Å². The molecule has 0 aromatic carbocycles. The Morgan fingerprint density at radius 1 is 1.43 bits per heavy atom. The number of ketones is 1. The highest BCUT2D eigenvalue weighted by atomic mass is 32.1. The lowest BCUT2D eigenvalue weighted by atomic mass is 9.86. The Labute approximate surface area is 128 Å². The van der Waals surface area contributed by atoms with Gasteiger partial charge in [0.15, 0.2) is 5.78 Å². The van der Waals surface area contributed by atoms with Crippen molar-refractivity contribution in [3.63, 3.8) is 0 Å². The van der Waals surface area contributed by atoms with Crippen LogP contribution in [0.4, 0.5) is 5.95 Å². The predicted octanol–water partition coefficient (Wildman–Crippen LogP) is 3.66. The van der Waals surface area contributed by atoms with Crippen molar-refractivity contribution in [1.29, 1.82) is 0 Å². The average Bonchev–Trinajstić information content (AvgIpc) is 3.01. The monoisotopic (exact) mass is 301 g/mol. The first-order valence-electron chi connectivity index (χ1n) is 7.44. The van der Waals surface area contributed by atoms with Crippen LogP contribution in [-0.4, -0.2) is 22.3 Å². The van der Waals surface area contributed by atoms with Crippen LogP contribution in [0.5, 0.6) is 0 Å². The molecule has 5 heteroatoms. The second-order valence-corrected chi connectivity index (χ2v) is 6.36. The van der Waals surface area contributed by atoms with Gasteiger partial charge in [0.05, 0.1) is 11.3 Å². The molecule has 0 aliphatic heterocycles. The van der Waals surface area contributed by atoms with E-state index in [1.807, 2.05) is 6.07 Å². The van der Waals surface area contributed by atoms with Gasteiger partial charge in [-0.3, -0.25) is 4.79 Å². The van der Waals surface area contributed by atoms with Crippen LogP contribution in [0.25, 0.3) is 0 Å². The van der Waals surface area contributed by atoms with E-state index in [0.717, 1.165) is 31.5 Å². The van der Waals surface area contributed by atoms with Crippen molar-refractivity contribution in [3.05, 3.63) is 39.8 Å². The number of hydrogen-bond acceptors (Lipinski definition) is 5. The third kappa shape index (κ3) is 3.13. The first-order chi connectivity index (χ1) is 10.3. The molecule has 0 fully saturated rings. The molecule has 3 rings (SSSR count). The van der Waals surface area contributed by atoms with Gasteiger partial charge in [0, 0.05) is 30.0 Å². The largest absolute Gasteiger partial charge is 0.354 e. The SMILES string of the molecule is CCCCNc1ncc2c(n1)C[C@H](c1cccs1)CC2=O. The van der Waals surface area contributed by atoms with E-state index in [9.17, 15) is 4.79 Å². The van der Waals surface area contributed by atoms with Crippen molar-refractivity contribution in [1.82, 2.24) is 9.97 Å². The summed E-state index contributed by atoms with van der Waals surface area (Å²) in [5.74, 6) is 1.07. The third-order valence-electron chi connectivity index (χ3n) is 3.80. The maximum atomic E-state index is 12.3. The maximum Gasteiger partial charge on any atom is 0.222 e. The second kappa shape index (κ2) is 6.35. The molecule has 2 aromatic rings. The Balaban J connectivity index is 1.80. The van der Waals surface area contributed by atoms with E-state index in [1.165, 1.54) is 4.88 Å². The number of anilines is 1. The zero-order chi connectivity index (χ0) is 14.7.